The average molecular weight is 276 g/mol. The molecule has 0 saturated carbocycles. The SMILES string of the molecule is CC[C@H]1CCCCN1C(=O)Cc1ccccc1[N+](=O)[O-]. The monoisotopic (exact) mass is 276 g/mol. The highest BCUT2D eigenvalue weighted by Crippen LogP contribution is 2.23. The van der Waals surface area contributed by atoms with Gasteiger partial charge in [0.2, 0.25) is 5.91 Å². The predicted octanol–water partition coefficient (Wildman–Crippen LogP) is 2.93. The van der Waals surface area contributed by atoms with Gasteiger partial charge in [-0.1, -0.05) is 25.1 Å². The van der Waals surface area contributed by atoms with Gasteiger partial charge in [-0.2, -0.15) is 0 Å². The molecule has 2 rings (SSSR count). The average Bonchev–Trinajstić information content (AvgIpc) is 2.47. The zero-order valence-electron chi connectivity index (χ0n) is 11.7. The van der Waals surface area contributed by atoms with Gasteiger partial charge in [-0.15, -0.1) is 0 Å². The third kappa shape index (κ3) is 3.15. The Bertz CT molecular complexity index is 502. The number of nitrogens with zero attached hydrogens (tertiary/aromatic N) is 2. The number of para-hydroxylation sites is 1. The molecule has 20 heavy (non-hydrogen) atoms. The summed E-state index contributed by atoms with van der Waals surface area (Å²) in [6, 6.07) is 6.78. The second-order valence-electron chi connectivity index (χ2n) is 5.21. The van der Waals surface area contributed by atoms with E-state index in [9.17, 15) is 14.9 Å². The van der Waals surface area contributed by atoms with E-state index in [0.717, 1.165) is 32.2 Å². The third-order valence-corrected chi connectivity index (χ3v) is 3.95. The Hall–Kier alpha value is -1.91. The van der Waals surface area contributed by atoms with Crippen LogP contribution in [0.3, 0.4) is 0 Å². The van der Waals surface area contributed by atoms with Gasteiger partial charge in [0.1, 0.15) is 0 Å². The van der Waals surface area contributed by atoms with Crippen LogP contribution < -0.4 is 0 Å². The third-order valence-electron chi connectivity index (χ3n) is 3.95. The van der Waals surface area contributed by atoms with Crippen LogP contribution >= 0.6 is 0 Å². The van der Waals surface area contributed by atoms with Gasteiger partial charge in [0.05, 0.1) is 11.3 Å². The normalized spacial score (nSPS) is 18.9. The highest BCUT2D eigenvalue weighted by molar-refractivity contribution is 5.80. The summed E-state index contributed by atoms with van der Waals surface area (Å²) in [5, 5.41) is 11.0. The molecule has 108 valence electrons. The molecule has 5 heteroatoms. The Morgan fingerprint density at radius 3 is 2.85 bits per heavy atom. The standard InChI is InChI=1S/C15H20N2O3/c1-2-13-8-5-6-10-16(13)15(18)11-12-7-3-4-9-14(12)17(19)20/h3-4,7,9,13H,2,5-6,8,10-11H2,1H3/t13-/m0/s1. The number of carbonyl (C=O) groups excluding carboxylic acids is 1. The smallest absolute Gasteiger partial charge is 0.273 e. The molecular weight excluding hydrogens is 256 g/mol. The molecule has 1 aromatic rings. The van der Waals surface area contributed by atoms with Crippen LogP contribution in [0.1, 0.15) is 38.2 Å². The molecule has 1 fully saturated rings. The fourth-order valence-corrected chi connectivity index (χ4v) is 2.86. The van der Waals surface area contributed by atoms with E-state index in [0.29, 0.717) is 11.6 Å². The van der Waals surface area contributed by atoms with Gasteiger partial charge in [-0.3, -0.25) is 14.9 Å². The van der Waals surface area contributed by atoms with Crippen LogP contribution in [0.2, 0.25) is 0 Å². The maximum atomic E-state index is 12.4. The molecule has 0 unspecified atom stereocenters. The lowest BCUT2D eigenvalue weighted by molar-refractivity contribution is -0.385. The molecule has 0 spiro atoms. The summed E-state index contributed by atoms with van der Waals surface area (Å²) in [4.78, 5) is 24.9. The fraction of sp³-hybridized carbons (Fsp3) is 0.533. The van der Waals surface area contributed by atoms with Crippen molar-refractivity contribution in [3.63, 3.8) is 0 Å². The van der Waals surface area contributed by atoms with Crippen molar-refractivity contribution < 1.29 is 9.72 Å². The molecule has 1 aromatic carbocycles. The van der Waals surface area contributed by atoms with Crippen molar-refractivity contribution in [3.8, 4) is 0 Å². The minimum Gasteiger partial charge on any atom is -0.339 e. The molecule has 0 bridgehead atoms. The summed E-state index contributed by atoms with van der Waals surface area (Å²) in [6.45, 7) is 2.86. The second-order valence-corrected chi connectivity index (χ2v) is 5.21. The molecule has 1 amide bonds. The van der Waals surface area contributed by atoms with E-state index < -0.39 is 4.92 Å². The van der Waals surface area contributed by atoms with Crippen molar-refractivity contribution >= 4 is 11.6 Å². The number of likely N-dealkylation sites (tertiary alicyclic amines) is 1. The van der Waals surface area contributed by atoms with Crippen LogP contribution in [0.25, 0.3) is 0 Å². The largest absolute Gasteiger partial charge is 0.339 e. The Morgan fingerprint density at radius 1 is 1.40 bits per heavy atom. The highest BCUT2D eigenvalue weighted by Gasteiger charge is 2.26. The summed E-state index contributed by atoms with van der Waals surface area (Å²) < 4.78 is 0. The number of nitro groups is 1. The van der Waals surface area contributed by atoms with Gasteiger partial charge in [0.25, 0.3) is 5.69 Å². The highest BCUT2D eigenvalue weighted by atomic mass is 16.6. The number of piperidine rings is 1. The number of hydrogen-bond acceptors (Lipinski definition) is 3. The number of nitro benzene ring substituents is 1. The van der Waals surface area contributed by atoms with Crippen LogP contribution in [0.5, 0.6) is 0 Å². The molecule has 0 aromatic heterocycles. The van der Waals surface area contributed by atoms with Crippen molar-refractivity contribution in [2.45, 2.75) is 45.1 Å². The summed E-state index contributed by atoms with van der Waals surface area (Å²) >= 11 is 0. The lowest BCUT2D eigenvalue weighted by Gasteiger charge is -2.35. The number of hydrogen-bond donors (Lipinski definition) is 0. The zero-order valence-corrected chi connectivity index (χ0v) is 11.7. The number of rotatable bonds is 4. The van der Waals surface area contributed by atoms with Gasteiger partial charge in [0.15, 0.2) is 0 Å². The quantitative estimate of drug-likeness (QED) is 0.627. The lowest BCUT2D eigenvalue weighted by atomic mass is 9.98. The first-order chi connectivity index (χ1) is 9.63. The first kappa shape index (κ1) is 14.5. The molecule has 1 heterocycles. The first-order valence-electron chi connectivity index (χ1n) is 7.15. The van der Waals surface area contributed by atoms with E-state index in [1.54, 1.807) is 18.2 Å². The molecule has 1 aliphatic rings. The van der Waals surface area contributed by atoms with Crippen LogP contribution in [-0.2, 0) is 11.2 Å². The fourth-order valence-electron chi connectivity index (χ4n) is 2.86. The van der Waals surface area contributed by atoms with Crippen molar-refractivity contribution in [1.29, 1.82) is 0 Å². The molecule has 1 saturated heterocycles. The van der Waals surface area contributed by atoms with Crippen molar-refractivity contribution in [1.82, 2.24) is 4.90 Å². The minimum absolute atomic E-state index is 0.00542. The Labute approximate surface area is 118 Å². The molecular formula is C15H20N2O3. The molecule has 1 atom stereocenters. The maximum Gasteiger partial charge on any atom is 0.273 e. The van der Waals surface area contributed by atoms with Crippen molar-refractivity contribution in [2.75, 3.05) is 6.54 Å². The van der Waals surface area contributed by atoms with Crippen LogP contribution in [0.4, 0.5) is 5.69 Å². The zero-order chi connectivity index (χ0) is 14.5. The Balaban J connectivity index is 2.13. The number of benzene rings is 1. The van der Waals surface area contributed by atoms with Gasteiger partial charge in [0, 0.05) is 24.2 Å². The van der Waals surface area contributed by atoms with Gasteiger partial charge in [-0.05, 0) is 25.7 Å². The minimum atomic E-state index is -0.421. The molecule has 5 nitrogen and oxygen atoms in total. The van der Waals surface area contributed by atoms with Gasteiger partial charge in [-0.25, -0.2) is 0 Å². The van der Waals surface area contributed by atoms with Crippen LogP contribution in [-0.4, -0.2) is 28.3 Å². The first-order valence-corrected chi connectivity index (χ1v) is 7.15. The summed E-state index contributed by atoms with van der Waals surface area (Å²) in [6.07, 6.45) is 4.29. The van der Waals surface area contributed by atoms with E-state index in [2.05, 4.69) is 6.92 Å². The number of carbonyl (C=O) groups is 1. The topological polar surface area (TPSA) is 63.5 Å². The molecule has 0 aliphatic carbocycles. The molecule has 0 N–H and O–H groups in total. The number of amides is 1. The van der Waals surface area contributed by atoms with E-state index in [1.807, 2.05) is 4.90 Å². The van der Waals surface area contributed by atoms with Crippen molar-refractivity contribution in [2.24, 2.45) is 0 Å². The summed E-state index contributed by atoms with van der Waals surface area (Å²) in [5.74, 6) is 0.00542. The molecule has 0 radical (unpaired) electrons. The van der Waals surface area contributed by atoms with E-state index in [1.165, 1.54) is 6.07 Å². The van der Waals surface area contributed by atoms with E-state index in [4.69, 9.17) is 0 Å². The van der Waals surface area contributed by atoms with Crippen LogP contribution in [0, 0.1) is 10.1 Å². The Morgan fingerprint density at radius 2 is 2.15 bits per heavy atom. The maximum absolute atomic E-state index is 12.4. The summed E-state index contributed by atoms with van der Waals surface area (Å²) in [5.41, 5.74) is 0.536. The van der Waals surface area contributed by atoms with E-state index in [-0.39, 0.29) is 18.0 Å². The van der Waals surface area contributed by atoms with Crippen LogP contribution in [0.15, 0.2) is 24.3 Å². The second kappa shape index (κ2) is 6.50. The summed E-state index contributed by atoms with van der Waals surface area (Å²) in [7, 11) is 0. The van der Waals surface area contributed by atoms with Gasteiger partial charge < -0.3 is 4.90 Å². The van der Waals surface area contributed by atoms with Crippen molar-refractivity contribution in [3.05, 3.63) is 39.9 Å². The lowest BCUT2D eigenvalue weighted by Crippen LogP contribution is -2.44. The Kier molecular flexibility index (Phi) is 4.71. The molecule has 1 aliphatic heterocycles. The predicted molar refractivity (Wildman–Crippen MR) is 76.4 cm³/mol. The van der Waals surface area contributed by atoms with Gasteiger partial charge >= 0.3 is 0 Å². The van der Waals surface area contributed by atoms with E-state index >= 15 is 0 Å².